The van der Waals surface area contributed by atoms with E-state index in [1.165, 1.54) is 17.0 Å². The Bertz CT molecular complexity index is 868. The topological polar surface area (TPSA) is 114 Å². The van der Waals surface area contributed by atoms with Crippen LogP contribution in [0.2, 0.25) is 0 Å². The van der Waals surface area contributed by atoms with E-state index in [2.05, 4.69) is 27.9 Å². The molecule has 2 aromatic carbocycles. The molecule has 0 aliphatic rings. The van der Waals surface area contributed by atoms with Gasteiger partial charge in [-0.15, -0.1) is 11.6 Å². The largest absolute Gasteiger partial charge is 0.380 e. The first-order valence-electron chi connectivity index (χ1n) is 8.18. The predicted octanol–water partition coefficient (Wildman–Crippen LogP) is 1.90. The molecule has 2 amide bonds. The van der Waals surface area contributed by atoms with Gasteiger partial charge in [0.15, 0.2) is 12.2 Å². The average Bonchev–Trinajstić information content (AvgIpc) is 2.72. The molecule has 28 heavy (non-hydrogen) atoms. The van der Waals surface area contributed by atoms with E-state index in [4.69, 9.17) is 16.9 Å². The molecule has 0 unspecified atom stereocenters. The number of nitrogens with one attached hydrogen (secondary N) is 1. The van der Waals surface area contributed by atoms with Crippen molar-refractivity contribution in [1.29, 1.82) is 5.26 Å². The lowest BCUT2D eigenvalue weighted by Crippen LogP contribution is -2.50. The molecular formula is C19H17ClIN3O4. The highest BCUT2D eigenvalue weighted by Gasteiger charge is 2.34. The van der Waals surface area contributed by atoms with Crippen molar-refractivity contribution in [3.63, 3.8) is 0 Å². The van der Waals surface area contributed by atoms with Crippen LogP contribution in [0.3, 0.4) is 0 Å². The molecule has 0 radical (unpaired) electrons. The first-order valence-corrected chi connectivity index (χ1v) is 9.80. The number of nitrogens with zero attached hydrogens (tertiary/aromatic N) is 2. The maximum Gasteiger partial charge on any atom is 0.263 e. The van der Waals surface area contributed by atoms with Gasteiger partial charge in [-0.1, -0.05) is 0 Å². The van der Waals surface area contributed by atoms with Crippen molar-refractivity contribution in [3.05, 3.63) is 57.7 Å². The number of aliphatic hydroxyl groups excluding tert-OH is 2. The molecule has 2 aromatic rings. The smallest absolute Gasteiger partial charge is 0.263 e. The molecule has 0 aliphatic carbocycles. The van der Waals surface area contributed by atoms with Crippen LogP contribution in [0.15, 0.2) is 48.5 Å². The van der Waals surface area contributed by atoms with Crippen LogP contribution in [0, 0.1) is 14.9 Å². The third-order valence-corrected chi connectivity index (χ3v) is 4.68. The number of amides is 2. The van der Waals surface area contributed by atoms with Crippen LogP contribution >= 0.6 is 34.2 Å². The van der Waals surface area contributed by atoms with Crippen LogP contribution < -0.4 is 10.2 Å². The maximum atomic E-state index is 12.9. The second kappa shape index (κ2) is 10.4. The number of halogens is 2. The fourth-order valence-corrected chi connectivity index (χ4v) is 2.82. The summed E-state index contributed by atoms with van der Waals surface area (Å²) in [6.07, 6.45) is -3.95. The zero-order valence-electron chi connectivity index (χ0n) is 14.5. The normalized spacial score (nSPS) is 12.5. The monoisotopic (exact) mass is 513 g/mol. The van der Waals surface area contributed by atoms with Crippen molar-refractivity contribution in [2.24, 2.45) is 0 Å². The van der Waals surface area contributed by atoms with Gasteiger partial charge in [0, 0.05) is 27.4 Å². The first kappa shape index (κ1) is 22.1. The Kier molecular flexibility index (Phi) is 8.19. The molecular weight excluding hydrogens is 497 g/mol. The molecule has 0 saturated heterocycles. The molecule has 2 atom stereocenters. The van der Waals surface area contributed by atoms with Gasteiger partial charge in [-0.05, 0) is 71.1 Å². The van der Waals surface area contributed by atoms with Crippen molar-refractivity contribution in [3.8, 4) is 6.07 Å². The van der Waals surface area contributed by atoms with E-state index in [0.717, 1.165) is 3.57 Å². The number of rotatable bonds is 7. The number of hydrogen-bond donors (Lipinski definition) is 3. The Balaban J connectivity index is 2.37. The summed E-state index contributed by atoms with van der Waals surface area (Å²) >= 11 is 7.60. The summed E-state index contributed by atoms with van der Waals surface area (Å²) in [4.78, 5) is 26.0. The van der Waals surface area contributed by atoms with Gasteiger partial charge >= 0.3 is 0 Å². The number of benzene rings is 2. The number of carbonyl (C=O) groups is 2. The summed E-state index contributed by atoms with van der Waals surface area (Å²) < 4.78 is 0.939. The van der Waals surface area contributed by atoms with E-state index in [9.17, 15) is 19.8 Å². The second-order valence-electron chi connectivity index (χ2n) is 5.68. The molecule has 3 N–H and O–H groups in total. The molecule has 0 aliphatic heterocycles. The van der Waals surface area contributed by atoms with Crippen molar-refractivity contribution in [1.82, 2.24) is 5.32 Å². The summed E-state index contributed by atoms with van der Waals surface area (Å²) in [5.41, 5.74) is 1.21. The van der Waals surface area contributed by atoms with Crippen LogP contribution in [-0.4, -0.2) is 46.7 Å². The van der Waals surface area contributed by atoms with Crippen LogP contribution in [0.25, 0.3) is 0 Å². The van der Waals surface area contributed by atoms with Crippen LogP contribution in [0.1, 0.15) is 5.56 Å². The molecule has 0 bridgehead atoms. The van der Waals surface area contributed by atoms with Crippen LogP contribution in [0.5, 0.6) is 0 Å². The third-order valence-electron chi connectivity index (χ3n) is 3.77. The van der Waals surface area contributed by atoms with E-state index in [0.29, 0.717) is 16.9 Å². The van der Waals surface area contributed by atoms with Crippen molar-refractivity contribution in [2.45, 2.75) is 12.2 Å². The quantitative estimate of drug-likeness (QED) is 0.387. The molecule has 0 aromatic heterocycles. The van der Waals surface area contributed by atoms with E-state index < -0.39 is 24.0 Å². The van der Waals surface area contributed by atoms with Gasteiger partial charge < -0.3 is 15.5 Å². The summed E-state index contributed by atoms with van der Waals surface area (Å²) in [7, 11) is 0. The average molecular weight is 514 g/mol. The molecule has 0 spiro atoms. The summed E-state index contributed by atoms with van der Waals surface area (Å²) in [5.74, 6) is -1.66. The Hall–Kier alpha value is -2.19. The molecule has 146 valence electrons. The number of aliphatic hydroxyl groups is 2. The zero-order chi connectivity index (χ0) is 20.7. The number of carbonyl (C=O) groups excluding carboxylic acids is 2. The highest BCUT2D eigenvalue weighted by molar-refractivity contribution is 14.1. The Morgan fingerprint density at radius 1 is 1.07 bits per heavy atom. The number of anilines is 2. The number of alkyl halides is 1. The van der Waals surface area contributed by atoms with Gasteiger partial charge in [-0.3, -0.25) is 14.5 Å². The van der Waals surface area contributed by atoms with Gasteiger partial charge in [0.2, 0.25) is 0 Å². The molecule has 2 rings (SSSR count). The minimum absolute atomic E-state index is 0.0921. The maximum absolute atomic E-state index is 12.9. The highest BCUT2D eigenvalue weighted by atomic mass is 127. The fraction of sp³-hybridized carbons (Fsp3) is 0.211. The fourth-order valence-electron chi connectivity index (χ4n) is 2.36. The Morgan fingerprint density at radius 2 is 1.61 bits per heavy atom. The Morgan fingerprint density at radius 3 is 2.11 bits per heavy atom. The number of nitriles is 1. The van der Waals surface area contributed by atoms with Gasteiger partial charge in [-0.25, -0.2) is 0 Å². The van der Waals surface area contributed by atoms with Gasteiger partial charge in [-0.2, -0.15) is 5.26 Å². The molecule has 0 saturated carbocycles. The van der Waals surface area contributed by atoms with E-state index in [1.54, 1.807) is 36.4 Å². The number of hydrogen-bond acceptors (Lipinski definition) is 5. The summed E-state index contributed by atoms with van der Waals surface area (Å²) in [6.45, 7) is 0.0921. The van der Waals surface area contributed by atoms with Gasteiger partial charge in [0.1, 0.15) is 0 Å². The molecule has 0 heterocycles. The standard InChI is InChI=1S/C19H17ClIN3O4/c20-9-10-23-18(27)16(25)17(26)19(28)24(15-7-3-13(21)4-8-15)14-5-1-12(11-22)2-6-14/h1-8,16-17,25-26H,9-10H2,(H,23,27)/t16-,17-/m1/s1. The zero-order valence-corrected chi connectivity index (χ0v) is 17.5. The second-order valence-corrected chi connectivity index (χ2v) is 7.30. The SMILES string of the molecule is N#Cc1ccc(N(C(=O)[C@H](O)[C@@H](O)C(=O)NCCCl)c2ccc(I)cc2)cc1. The molecule has 7 nitrogen and oxygen atoms in total. The highest BCUT2D eigenvalue weighted by Crippen LogP contribution is 2.28. The minimum atomic E-state index is -2.00. The van der Waals surface area contributed by atoms with E-state index in [-0.39, 0.29) is 12.4 Å². The van der Waals surface area contributed by atoms with Gasteiger partial charge in [0.05, 0.1) is 11.6 Å². The van der Waals surface area contributed by atoms with Crippen molar-refractivity contribution >= 4 is 57.4 Å². The van der Waals surface area contributed by atoms with E-state index >= 15 is 0 Å². The lowest BCUT2D eigenvalue weighted by Gasteiger charge is -2.27. The lowest BCUT2D eigenvalue weighted by atomic mass is 10.1. The van der Waals surface area contributed by atoms with Crippen molar-refractivity contribution < 1.29 is 19.8 Å². The first-order chi connectivity index (χ1) is 13.4. The van der Waals surface area contributed by atoms with Crippen LogP contribution in [0.4, 0.5) is 11.4 Å². The molecule has 9 heteroatoms. The lowest BCUT2D eigenvalue weighted by molar-refractivity contribution is -0.144. The molecule has 0 fully saturated rings. The van der Waals surface area contributed by atoms with E-state index in [1.807, 2.05) is 6.07 Å². The Labute approximate surface area is 180 Å². The van der Waals surface area contributed by atoms with Crippen molar-refractivity contribution in [2.75, 3.05) is 17.3 Å². The van der Waals surface area contributed by atoms with Gasteiger partial charge in [0.25, 0.3) is 11.8 Å². The summed E-state index contributed by atoms with van der Waals surface area (Å²) in [6, 6.07) is 15.0. The summed E-state index contributed by atoms with van der Waals surface area (Å²) in [5, 5.41) is 31.6. The minimum Gasteiger partial charge on any atom is -0.380 e. The predicted molar refractivity (Wildman–Crippen MR) is 113 cm³/mol. The third kappa shape index (κ3) is 5.42. The van der Waals surface area contributed by atoms with Crippen LogP contribution in [-0.2, 0) is 9.59 Å².